The number of sulfonamides is 1. The van der Waals surface area contributed by atoms with Crippen LogP contribution >= 0.6 is 39.1 Å². The molecule has 124 valence electrons. The topological polar surface area (TPSA) is 46.2 Å². The Morgan fingerprint density at radius 2 is 1.65 bits per heavy atom. The highest BCUT2D eigenvalue weighted by atomic mass is 79.9. The summed E-state index contributed by atoms with van der Waals surface area (Å²) >= 11 is 14.5. The van der Waals surface area contributed by atoms with Crippen LogP contribution in [0.5, 0.6) is 0 Å². The molecule has 0 fully saturated rings. The molecule has 0 aliphatic rings. The molecule has 23 heavy (non-hydrogen) atoms. The molecule has 10 heteroatoms. The lowest BCUT2D eigenvalue weighted by Crippen LogP contribution is -2.14. The lowest BCUT2D eigenvalue weighted by Gasteiger charge is -2.13. The molecule has 0 aliphatic carbocycles. The molecule has 0 saturated carbocycles. The molecule has 0 heterocycles. The van der Waals surface area contributed by atoms with Crippen molar-refractivity contribution in [2.24, 2.45) is 0 Å². The van der Waals surface area contributed by atoms with E-state index < -0.39 is 21.8 Å². The van der Waals surface area contributed by atoms with E-state index in [4.69, 9.17) is 23.2 Å². The minimum Gasteiger partial charge on any atom is -0.278 e. The molecule has 2 rings (SSSR count). The Hall–Kier alpha value is -0.960. The Morgan fingerprint density at radius 3 is 2.22 bits per heavy atom. The minimum atomic E-state index is -4.59. The Balaban J connectivity index is 2.42. The van der Waals surface area contributed by atoms with Gasteiger partial charge in [-0.15, -0.1) is 0 Å². The van der Waals surface area contributed by atoms with E-state index in [2.05, 4.69) is 20.7 Å². The Bertz CT molecular complexity index is 857. The number of halogens is 6. The first-order valence-corrected chi connectivity index (χ1v) is 8.88. The van der Waals surface area contributed by atoms with E-state index in [-0.39, 0.29) is 25.1 Å². The van der Waals surface area contributed by atoms with Crippen molar-refractivity contribution in [1.82, 2.24) is 0 Å². The molecule has 2 aromatic carbocycles. The third-order valence-corrected chi connectivity index (χ3v) is 5.53. The van der Waals surface area contributed by atoms with Crippen molar-refractivity contribution in [2.45, 2.75) is 11.1 Å². The molecule has 0 unspecified atom stereocenters. The van der Waals surface area contributed by atoms with Crippen LogP contribution < -0.4 is 4.72 Å². The van der Waals surface area contributed by atoms with Crippen molar-refractivity contribution in [1.29, 1.82) is 0 Å². The molecule has 0 atom stereocenters. The third-order valence-electron chi connectivity index (χ3n) is 2.74. The van der Waals surface area contributed by atoms with Gasteiger partial charge >= 0.3 is 6.18 Å². The zero-order valence-corrected chi connectivity index (χ0v) is 14.9. The van der Waals surface area contributed by atoms with Crippen LogP contribution in [0.25, 0.3) is 0 Å². The second kappa shape index (κ2) is 6.51. The normalized spacial score (nSPS) is 12.3. The van der Waals surface area contributed by atoms with E-state index in [0.29, 0.717) is 6.07 Å². The van der Waals surface area contributed by atoms with Gasteiger partial charge in [0.1, 0.15) is 0 Å². The number of nitrogens with one attached hydrogen (secondary N) is 1. The van der Waals surface area contributed by atoms with Gasteiger partial charge in [0.25, 0.3) is 10.0 Å². The summed E-state index contributed by atoms with van der Waals surface area (Å²) in [5.41, 5.74) is -1.22. The van der Waals surface area contributed by atoms with E-state index in [1.807, 2.05) is 0 Å². The van der Waals surface area contributed by atoms with Gasteiger partial charge in [-0.25, -0.2) is 8.42 Å². The SMILES string of the molecule is O=S(=O)(Nc1cc(C(F)(F)F)ccc1Br)c1ccc(Cl)c(Cl)c1. The highest BCUT2D eigenvalue weighted by molar-refractivity contribution is 9.10. The van der Waals surface area contributed by atoms with Crippen molar-refractivity contribution < 1.29 is 21.6 Å². The van der Waals surface area contributed by atoms with Gasteiger partial charge < -0.3 is 0 Å². The fourth-order valence-electron chi connectivity index (χ4n) is 1.63. The van der Waals surface area contributed by atoms with Crippen LogP contribution in [-0.2, 0) is 16.2 Å². The van der Waals surface area contributed by atoms with Gasteiger partial charge in [0.2, 0.25) is 0 Å². The molecule has 0 spiro atoms. The fraction of sp³-hybridized carbons (Fsp3) is 0.0769. The molecular weight excluding hydrogens is 442 g/mol. The maximum absolute atomic E-state index is 12.7. The predicted octanol–water partition coefficient (Wildman–Crippen LogP) is 5.58. The van der Waals surface area contributed by atoms with Crippen LogP contribution in [0.3, 0.4) is 0 Å². The van der Waals surface area contributed by atoms with E-state index in [1.54, 1.807) is 0 Å². The molecule has 0 aromatic heterocycles. The zero-order valence-electron chi connectivity index (χ0n) is 11.0. The van der Waals surface area contributed by atoms with Gasteiger partial charge in [-0.2, -0.15) is 13.2 Å². The number of anilines is 1. The fourth-order valence-corrected chi connectivity index (χ4v) is 3.56. The van der Waals surface area contributed by atoms with E-state index >= 15 is 0 Å². The van der Waals surface area contributed by atoms with E-state index in [1.165, 1.54) is 12.1 Å². The summed E-state index contributed by atoms with van der Waals surface area (Å²) in [7, 11) is -4.13. The number of alkyl halides is 3. The number of benzene rings is 2. The van der Waals surface area contributed by atoms with Gasteiger partial charge in [0.15, 0.2) is 0 Å². The van der Waals surface area contributed by atoms with E-state index in [0.717, 1.165) is 18.2 Å². The molecule has 3 nitrogen and oxygen atoms in total. The maximum Gasteiger partial charge on any atom is 0.416 e. The minimum absolute atomic E-state index is 0.0117. The van der Waals surface area contributed by atoms with E-state index in [9.17, 15) is 21.6 Å². The summed E-state index contributed by atoms with van der Waals surface area (Å²) in [6, 6.07) is 6.21. The lowest BCUT2D eigenvalue weighted by atomic mass is 10.2. The predicted molar refractivity (Wildman–Crippen MR) is 86.4 cm³/mol. The Morgan fingerprint density at radius 1 is 1.00 bits per heavy atom. The first-order valence-electron chi connectivity index (χ1n) is 5.85. The largest absolute Gasteiger partial charge is 0.416 e. The molecule has 1 N–H and O–H groups in total. The highest BCUT2D eigenvalue weighted by Crippen LogP contribution is 2.35. The van der Waals surface area contributed by atoms with Crippen molar-refractivity contribution >= 4 is 54.8 Å². The highest BCUT2D eigenvalue weighted by Gasteiger charge is 2.31. The Labute approximate surface area is 148 Å². The number of rotatable bonds is 3. The first-order chi connectivity index (χ1) is 10.5. The second-order valence-electron chi connectivity index (χ2n) is 4.37. The molecule has 0 radical (unpaired) electrons. The molecule has 0 aliphatic heterocycles. The van der Waals surface area contributed by atoms with Crippen molar-refractivity contribution in [3.8, 4) is 0 Å². The summed E-state index contributed by atoms with van der Waals surface area (Å²) in [6.45, 7) is 0. The molecular formula is C13H7BrCl2F3NO2S. The average Bonchev–Trinajstić information content (AvgIpc) is 2.42. The van der Waals surface area contributed by atoms with Gasteiger partial charge in [-0.05, 0) is 52.3 Å². The monoisotopic (exact) mass is 447 g/mol. The maximum atomic E-state index is 12.7. The average molecular weight is 449 g/mol. The van der Waals surface area contributed by atoms with Gasteiger partial charge in [0, 0.05) is 4.47 Å². The zero-order chi connectivity index (χ0) is 17.4. The smallest absolute Gasteiger partial charge is 0.278 e. The van der Waals surface area contributed by atoms with Gasteiger partial charge in [0.05, 0.1) is 26.2 Å². The van der Waals surface area contributed by atoms with Crippen LogP contribution in [0, 0.1) is 0 Å². The number of hydrogen-bond acceptors (Lipinski definition) is 2. The van der Waals surface area contributed by atoms with Crippen molar-refractivity contribution in [3.05, 3.63) is 56.5 Å². The van der Waals surface area contributed by atoms with Gasteiger partial charge in [-0.3, -0.25) is 4.72 Å². The molecule has 0 bridgehead atoms. The van der Waals surface area contributed by atoms with Crippen LogP contribution in [0.4, 0.5) is 18.9 Å². The number of hydrogen-bond donors (Lipinski definition) is 1. The second-order valence-corrected chi connectivity index (χ2v) is 7.72. The summed E-state index contributed by atoms with van der Waals surface area (Å²) in [5.74, 6) is 0. The standard InChI is InChI=1S/C13H7BrCl2F3NO2S/c14-9-3-1-7(13(17,18)19)5-12(9)20-23(21,22)8-2-4-10(15)11(16)6-8/h1-6,20H. The summed E-state index contributed by atoms with van der Waals surface area (Å²) < 4.78 is 65.0. The van der Waals surface area contributed by atoms with Crippen molar-refractivity contribution in [2.75, 3.05) is 4.72 Å². The third kappa shape index (κ3) is 4.32. The summed E-state index contributed by atoms with van der Waals surface area (Å²) in [4.78, 5) is -0.226. The van der Waals surface area contributed by atoms with Gasteiger partial charge in [-0.1, -0.05) is 23.2 Å². The summed E-state index contributed by atoms with van der Waals surface area (Å²) in [6.07, 6.45) is -4.59. The van der Waals surface area contributed by atoms with Crippen LogP contribution in [0.2, 0.25) is 10.0 Å². The summed E-state index contributed by atoms with van der Waals surface area (Å²) in [5, 5.41) is 0.170. The van der Waals surface area contributed by atoms with Crippen LogP contribution in [0.15, 0.2) is 45.8 Å². The lowest BCUT2D eigenvalue weighted by molar-refractivity contribution is -0.137. The molecule has 0 saturated heterocycles. The first kappa shape index (κ1) is 18.4. The van der Waals surface area contributed by atoms with Crippen LogP contribution in [-0.4, -0.2) is 8.42 Å². The van der Waals surface area contributed by atoms with Crippen LogP contribution in [0.1, 0.15) is 5.56 Å². The quantitative estimate of drug-likeness (QED) is 0.666. The molecule has 2 aromatic rings. The molecule has 0 amide bonds. The Kier molecular flexibility index (Phi) is 5.20. The van der Waals surface area contributed by atoms with Crippen molar-refractivity contribution in [3.63, 3.8) is 0 Å².